The molecule has 14 aromatic rings. The summed E-state index contributed by atoms with van der Waals surface area (Å²) in [6, 6.07) is 108. The third-order valence-electron chi connectivity index (χ3n) is 14.8. The zero-order valence-electron chi connectivity index (χ0n) is 41.5. The molecule has 0 unspecified atom stereocenters. The molecule has 0 aliphatic carbocycles. The average molecular weight is 988 g/mol. The lowest BCUT2D eigenvalue weighted by Crippen LogP contribution is -2.11. The second-order valence-electron chi connectivity index (χ2n) is 19.3. The highest BCUT2D eigenvalue weighted by Gasteiger charge is 2.23. The molecule has 0 aliphatic heterocycles. The third kappa shape index (κ3) is 8.00. The van der Waals surface area contributed by atoms with Gasteiger partial charge in [-0.25, -0.2) is 0 Å². The van der Waals surface area contributed by atoms with Crippen molar-refractivity contribution in [3.8, 4) is 22.3 Å². The Bertz CT molecular complexity index is 4370. The molecular formula is C72H49N3S. The van der Waals surface area contributed by atoms with Gasteiger partial charge < -0.3 is 14.7 Å². The minimum Gasteiger partial charge on any atom is -0.310 e. The molecule has 0 atom stereocenters. The van der Waals surface area contributed by atoms with Gasteiger partial charge in [0, 0.05) is 60.5 Å². The molecule has 0 spiro atoms. The Labute approximate surface area is 446 Å². The summed E-state index contributed by atoms with van der Waals surface area (Å²) < 4.78 is 2.47. The van der Waals surface area contributed by atoms with E-state index >= 15 is 0 Å². The molecule has 0 fully saturated rings. The first-order chi connectivity index (χ1) is 37.7. The highest BCUT2D eigenvalue weighted by molar-refractivity contribution is 7.26. The van der Waals surface area contributed by atoms with Crippen molar-refractivity contribution >= 4 is 115 Å². The first-order valence-electron chi connectivity index (χ1n) is 25.9. The van der Waals surface area contributed by atoms with Crippen molar-refractivity contribution in [1.82, 2.24) is 0 Å². The number of rotatable bonds is 11. The predicted octanol–water partition coefficient (Wildman–Crippen LogP) is 21.3. The highest BCUT2D eigenvalue weighted by Crippen LogP contribution is 2.50. The van der Waals surface area contributed by atoms with E-state index in [1.807, 2.05) is 11.3 Å². The Morgan fingerprint density at radius 2 is 0.724 bits per heavy atom. The topological polar surface area (TPSA) is 9.72 Å². The second-order valence-corrected chi connectivity index (χ2v) is 20.3. The van der Waals surface area contributed by atoms with Crippen molar-refractivity contribution < 1.29 is 0 Å². The third-order valence-corrected chi connectivity index (χ3v) is 16.0. The zero-order valence-corrected chi connectivity index (χ0v) is 42.4. The summed E-state index contributed by atoms with van der Waals surface area (Å²) in [4.78, 5) is 7.25. The molecule has 0 aliphatic rings. The number of nitrogens with zero attached hydrogens (tertiary/aromatic N) is 3. The van der Waals surface area contributed by atoms with E-state index in [4.69, 9.17) is 0 Å². The first kappa shape index (κ1) is 44.9. The standard InChI is InChI=1S/C72H49N3S/c1-4-25-54(26-5-1)74(55-27-6-2-7-28-55)68-39-17-16-34-63(68)52-24-18-31-58(47-52)73(57-43-41-51(42-44-57)61-37-19-23-50-21-10-12-32-60(50)61)59-45-46-71-67(49-59)66-38-20-40-69(72(66)76-71)75(56-29-8-3-9-30-56)70-48-53-22-11-13-33-62(53)64-35-14-15-36-65(64)70/h1-49H. The Balaban J connectivity index is 0.939. The van der Waals surface area contributed by atoms with Crippen LogP contribution in [0.1, 0.15) is 0 Å². The molecule has 358 valence electrons. The van der Waals surface area contributed by atoms with Gasteiger partial charge in [-0.2, -0.15) is 0 Å². The summed E-state index contributed by atoms with van der Waals surface area (Å²) in [7, 11) is 0. The Kier molecular flexibility index (Phi) is 11.4. The fourth-order valence-corrected chi connectivity index (χ4v) is 12.5. The van der Waals surface area contributed by atoms with Crippen molar-refractivity contribution in [2.45, 2.75) is 0 Å². The van der Waals surface area contributed by atoms with Crippen LogP contribution in [0.2, 0.25) is 0 Å². The molecule has 1 aromatic heterocycles. The molecule has 76 heavy (non-hydrogen) atoms. The van der Waals surface area contributed by atoms with Gasteiger partial charge in [-0.1, -0.05) is 200 Å². The molecule has 0 bridgehead atoms. The van der Waals surface area contributed by atoms with E-state index in [0.29, 0.717) is 0 Å². The molecule has 4 heteroatoms. The van der Waals surface area contributed by atoms with Gasteiger partial charge in [0.1, 0.15) is 0 Å². The lowest BCUT2D eigenvalue weighted by Gasteiger charge is -2.29. The molecule has 0 radical (unpaired) electrons. The summed E-state index contributed by atoms with van der Waals surface area (Å²) in [6.45, 7) is 0. The number of para-hydroxylation sites is 4. The maximum atomic E-state index is 2.47. The van der Waals surface area contributed by atoms with Crippen molar-refractivity contribution in [3.05, 3.63) is 297 Å². The number of thiophene rings is 1. The predicted molar refractivity (Wildman–Crippen MR) is 327 cm³/mol. The van der Waals surface area contributed by atoms with Gasteiger partial charge in [-0.3, -0.25) is 0 Å². The van der Waals surface area contributed by atoms with Crippen LogP contribution < -0.4 is 14.7 Å². The minimum absolute atomic E-state index is 1.06. The van der Waals surface area contributed by atoms with Gasteiger partial charge in [-0.05, 0) is 141 Å². The van der Waals surface area contributed by atoms with E-state index in [1.54, 1.807) is 0 Å². The summed E-state index contributed by atoms with van der Waals surface area (Å²) in [5, 5.41) is 9.85. The largest absolute Gasteiger partial charge is 0.310 e. The van der Waals surface area contributed by atoms with E-state index in [-0.39, 0.29) is 0 Å². The molecule has 0 amide bonds. The van der Waals surface area contributed by atoms with Crippen LogP contribution in [0, 0.1) is 0 Å². The van der Waals surface area contributed by atoms with Crippen LogP contribution >= 0.6 is 11.3 Å². The molecular weight excluding hydrogens is 939 g/mol. The monoisotopic (exact) mass is 987 g/mol. The van der Waals surface area contributed by atoms with Gasteiger partial charge in [0.2, 0.25) is 0 Å². The number of hydrogen-bond acceptors (Lipinski definition) is 4. The average Bonchev–Trinajstić information content (AvgIpc) is 3.93. The molecule has 0 N–H and O–H groups in total. The van der Waals surface area contributed by atoms with Gasteiger partial charge >= 0.3 is 0 Å². The van der Waals surface area contributed by atoms with Crippen LogP contribution in [-0.2, 0) is 0 Å². The van der Waals surface area contributed by atoms with Crippen molar-refractivity contribution in [3.63, 3.8) is 0 Å². The lowest BCUT2D eigenvalue weighted by molar-refractivity contribution is 1.28. The number of hydrogen-bond donors (Lipinski definition) is 0. The van der Waals surface area contributed by atoms with Gasteiger partial charge in [0.05, 0.1) is 21.8 Å². The van der Waals surface area contributed by atoms with Crippen LogP contribution in [0.15, 0.2) is 297 Å². The Morgan fingerprint density at radius 3 is 1.47 bits per heavy atom. The van der Waals surface area contributed by atoms with Gasteiger partial charge in [0.25, 0.3) is 0 Å². The van der Waals surface area contributed by atoms with E-state index in [0.717, 1.165) is 62.3 Å². The quantitative estimate of drug-likeness (QED) is 0.120. The van der Waals surface area contributed by atoms with Gasteiger partial charge in [-0.15, -0.1) is 11.3 Å². The summed E-state index contributed by atoms with van der Waals surface area (Å²) in [5.74, 6) is 0. The lowest BCUT2D eigenvalue weighted by atomic mass is 9.98. The molecule has 1 heterocycles. The van der Waals surface area contributed by atoms with Crippen LogP contribution in [-0.4, -0.2) is 0 Å². The Hall–Kier alpha value is -9.74. The summed E-state index contributed by atoms with van der Waals surface area (Å²) in [6.07, 6.45) is 0. The summed E-state index contributed by atoms with van der Waals surface area (Å²) in [5.41, 5.74) is 14.6. The second kappa shape index (κ2) is 19.3. The molecule has 13 aromatic carbocycles. The minimum atomic E-state index is 1.06. The maximum Gasteiger partial charge on any atom is 0.0640 e. The van der Waals surface area contributed by atoms with Crippen LogP contribution in [0.4, 0.5) is 51.2 Å². The number of benzene rings is 13. The normalized spacial score (nSPS) is 11.4. The maximum absolute atomic E-state index is 2.47. The van der Waals surface area contributed by atoms with Gasteiger partial charge in [0.15, 0.2) is 0 Å². The van der Waals surface area contributed by atoms with Crippen LogP contribution in [0.3, 0.4) is 0 Å². The fraction of sp³-hybridized carbons (Fsp3) is 0. The van der Waals surface area contributed by atoms with E-state index in [9.17, 15) is 0 Å². The van der Waals surface area contributed by atoms with E-state index < -0.39 is 0 Å². The molecule has 0 saturated carbocycles. The first-order valence-corrected chi connectivity index (χ1v) is 26.7. The van der Waals surface area contributed by atoms with Crippen molar-refractivity contribution in [2.24, 2.45) is 0 Å². The molecule has 0 saturated heterocycles. The summed E-state index contributed by atoms with van der Waals surface area (Å²) >= 11 is 1.86. The van der Waals surface area contributed by atoms with Crippen molar-refractivity contribution in [1.29, 1.82) is 0 Å². The van der Waals surface area contributed by atoms with E-state index in [1.165, 1.54) is 63.6 Å². The molecule has 14 rings (SSSR count). The highest BCUT2D eigenvalue weighted by atomic mass is 32.1. The SMILES string of the molecule is c1ccc(N(c2ccccc2)c2ccccc2-c2cccc(N(c3ccc(-c4cccc5ccccc45)cc3)c3ccc4sc5c(N(c6ccccc6)c6cc7ccccc7c7ccccc67)cccc5c4c3)c2)cc1. The van der Waals surface area contributed by atoms with Crippen molar-refractivity contribution in [2.75, 3.05) is 14.7 Å². The Morgan fingerprint density at radius 1 is 0.224 bits per heavy atom. The van der Waals surface area contributed by atoms with Crippen LogP contribution in [0.25, 0.3) is 74.7 Å². The van der Waals surface area contributed by atoms with Crippen LogP contribution in [0.5, 0.6) is 0 Å². The van der Waals surface area contributed by atoms with E-state index in [2.05, 4.69) is 312 Å². The zero-order chi connectivity index (χ0) is 50.4. The smallest absolute Gasteiger partial charge is 0.0640 e. The number of anilines is 9. The number of fused-ring (bicyclic) bond motifs is 7. The fourth-order valence-electron chi connectivity index (χ4n) is 11.3. The molecule has 3 nitrogen and oxygen atoms in total.